The first kappa shape index (κ1) is 26.2. The fraction of sp³-hybridized carbons (Fsp3) is 0.846. The second kappa shape index (κ2) is 11.8. The molecule has 4 N–H and O–H groups in total. The van der Waals surface area contributed by atoms with Crippen LogP contribution in [0.4, 0.5) is 4.79 Å². The van der Waals surface area contributed by atoms with E-state index in [1.807, 2.05) is 0 Å². The van der Waals surface area contributed by atoms with Gasteiger partial charge in [-0.15, -0.1) is 0 Å². The van der Waals surface area contributed by atoms with Gasteiger partial charge in [0, 0.05) is 19.6 Å². The van der Waals surface area contributed by atoms with Crippen LogP contribution in [0.1, 0.15) is 33.6 Å². The standard InChI is InChI=1S/C13H25N3O3.2H2O.Pd/c1-13(2,3)19-12(18)15-10(9-14-4)11(17)16-7-5-6-8-16;;;/h10,14H,5-9H2,1-4H3,(H,15,18);2*1H2;/q;;;+2/p-2. The van der Waals surface area contributed by atoms with Crippen LogP contribution in [0.2, 0.25) is 0 Å². The van der Waals surface area contributed by atoms with Crippen LogP contribution in [0.15, 0.2) is 0 Å². The maximum atomic E-state index is 12.3. The van der Waals surface area contributed by atoms with Crippen molar-refractivity contribution in [2.24, 2.45) is 0 Å². The van der Waals surface area contributed by atoms with Crippen LogP contribution in [0, 0.1) is 0 Å². The Labute approximate surface area is 145 Å². The summed E-state index contributed by atoms with van der Waals surface area (Å²) in [6.45, 7) is 7.32. The Morgan fingerprint density at radius 1 is 1.18 bits per heavy atom. The van der Waals surface area contributed by atoms with Gasteiger partial charge in [-0.05, 0) is 40.7 Å². The number of alkyl carbamates (subject to hydrolysis) is 1. The number of rotatable bonds is 4. The van der Waals surface area contributed by atoms with E-state index in [1.165, 1.54) is 0 Å². The van der Waals surface area contributed by atoms with Crippen molar-refractivity contribution in [1.29, 1.82) is 0 Å². The van der Waals surface area contributed by atoms with Gasteiger partial charge in [0.05, 0.1) is 0 Å². The first-order valence-electron chi connectivity index (χ1n) is 6.76. The first-order chi connectivity index (χ1) is 8.83. The van der Waals surface area contributed by atoms with E-state index in [-0.39, 0.29) is 37.3 Å². The molecule has 8 nitrogen and oxygen atoms in total. The summed E-state index contributed by atoms with van der Waals surface area (Å²) in [6, 6.07) is -0.571. The van der Waals surface area contributed by atoms with Gasteiger partial charge in [-0.3, -0.25) is 4.79 Å². The Morgan fingerprint density at radius 2 is 1.68 bits per heavy atom. The number of amides is 2. The van der Waals surface area contributed by atoms with Crippen molar-refractivity contribution < 1.29 is 45.7 Å². The minimum atomic E-state index is -0.571. The predicted octanol–water partition coefficient (Wildman–Crippen LogP) is 0.365. The third-order valence-electron chi connectivity index (χ3n) is 2.82. The van der Waals surface area contributed by atoms with Gasteiger partial charge >= 0.3 is 26.5 Å². The largest absolute Gasteiger partial charge is 2.00 e. The molecule has 0 aliphatic carbocycles. The summed E-state index contributed by atoms with van der Waals surface area (Å²) in [7, 11) is 1.75. The molecule has 134 valence electrons. The molecule has 9 heteroatoms. The first-order valence-corrected chi connectivity index (χ1v) is 6.76. The number of hydrogen-bond donors (Lipinski definition) is 2. The zero-order chi connectivity index (χ0) is 14.5. The molecule has 1 aliphatic rings. The second-order valence-corrected chi connectivity index (χ2v) is 5.79. The summed E-state index contributed by atoms with van der Waals surface area (Å²) in [5.41, 5.74) is -0.565. The summed E-state index contributed by atoms with van der Waals surface area (Å²) in [4.78, 5) is 25.8. The Hall–Kier alpha value is -0.718. The summed E-state index contributed by atoms with van der Waals surface area (Å²) in [6.07, 6.45) is 1.51. The molecule has 22 heavy (non-hydrogen) atoms. The van der Waals surface area contributed by atoms with Gasteiger partial charge in [0.15, 0.2) is 0 Å². The Bertz CT molecular complexity index is 330. The summed E-state index contributed by atoms with van der Waals surface area (Å²) < 4.78 is 5.18. The number of likely N-dealkylation sites (N-methyl/N-ethyl adjacent to an activating group) is 1. The minimum Gasteiger partial charge on any atom is -0.870 e. The molecule has 1 fully saturated rings. The van der Waals surface area contributed by atoms with Crippen LogP contribution in [0.25, 0.3) is 0 Å². The van der Waals surface area contributed by atoms with Crippen LogP contribution in [-0.2, 0) is 30.0 Å². The van der Waals surface area contributed by atoms with Gasteiger partial charge in [0.25, 0.3) is 0 Å². The molecule has 1 rings (SSSR count). The van der Waals surface area contributed by atoms with E-state index in [0.29, 0.717) is 6.54 Å². The van der Waals surface area contributed by atoms with Gasteiger partial charge in [-0.25, -0.2) is 4.79 Å². The number of ether oxygens (including phenoxy) is 1. The molecule has 1 atom stereocenters. The quantitative estimate of drug-likeness (QED) is 0.642. The van der Waals surface area contributed by atoms with Crippen molar-refractivity contribution in [2.75, 3.05) is 26.7 Å². The van der Waals surface area contributed by atoms with Gasteiger partial charge < -0.3 is 31.2 Å². The normalized spacial score (nSPS) is 14.8. The van der Waals surface area contributed by atoms with E-state index < -0.39 is 17.7 Å². The van der Waals surface area contributed by atoms with Crippen molar-refractivity contribution in [3.8, 4) is 0 Å². The van der Waals surface area contributed by atoms with Crippen molar-refractivity contribution in [2.45, 2.75) is 45.3 Å². The van der Waals surface area contributed by atoms with Crippen LogP contribution in [0.3, 0.4) is 0 Å². The smallest absolute Gasteiger partial charge is 0.870 e. The minimum absolute atomic E-state index is 0. The van der Waals surface area contributed by atoms with Crippen LogP contribution in [-0.4, -0.2) is 66.2 Å². The molecule has 1 saturated heterocycles. The number of hydrogen-bond acceptors (Lipinski definition) is 6. The summed E-state index contributed by atoms with van der Waals surface area (Å²) in [5.74, 6) is -0.0438. The van der Waals surface area contributed by atoms with E-state index in [2.05, 4.69) is 10.6 Å². The maximum Gasteiger partial charge on any atom is 2.00 e. The summed E-state index contributed by atoms with van der Waals surface area (Å²) >= 11 is 0. The van der Waals surface area contributed by atoms with E-state index >= 15 is 0 Å². The number of carbonyl (C=O) groups excluding carboxylic acids is 2. The molecule has 0 spiro atoms. The second-order valence-electron chi connectivity index (χ2n) is 5.79. The van der Waals surface area contributed by atoms with Crippen LogP contribution in [0.5, 0.6) is 0 Å². The molecular weight excluding hydrogens is 385 g/mol. The van der Waals surface area contributed by atoms with Crippen molar-refractivity contribution in [1.82, 2.24) is 15.5 Å². The molecular formula is C13H27N3O5Pd. The number of likely N-dealkylation sites (tertiary alicyclic amines) is 1. The molecule has 0 saturated carbocycles. The predicted molar refractivity (Wildman–Crippen MR) is 76.8 cm³/mol. The average molecular weight is 412 g/mol. The van der Waals surface area contributed by atoms with Gasteiger partial charge in [0.2, 0.25) is 5.91 Å². The van der Waals surface area contributed by atoms with Gasteiger partial charge in [-0.1, -0.05) is 0 Å². The molecule has 0 bridgehead atoms. The van der Waals surface area contributed by atoms with Crippen molar-refractivity contribution >= 4 is 12.0 Å². The Kier molecular flexibility index (Phi) is 14.0. The average Bonchev–Trinajstić information content (AvgIpc) is 2.78. The third kappa shape index (κ3) is 9.33. The number of nitrogens with one attached hydrogen (secondary N) is 2. The molecule has 0 aromatic carbocycles. The Balaban J connectivity index is -0.00000120. The molecule has 0 aromatic heterocycles. The maximum absolute atomic E-state index is 12.3. The van der Waals surface area contributed by atoms with Gasteiger partial charge in [0.1, 0.15) is 11.6 Å². The van der Waals surface area contributed by atoms with E-state index in [0.717, 1.165) is 25.9 Å². The third-order valence-corrected chi connectivity index (χ3v) is 2.82. The monoisotopic (exact) mass is 411 g/mol. The number of nitrogens with zero attached hydrogens (tertiary/aromatic N) is 1. The van der Waals surface area contributed by atoms with Crippen LogP contribution >= 0.6 is 0 Å². The molecule has 2 amide bonds. The SMILES string of the molecule is CNCC(NC(=O)OC(C)(C)C)C(=O)N1CCCC1.[OH-].[OH-].[Pd+2]. The fourth-order valence-electron chi connectivity index (χ4n) is 2.01. The van der Waals surface area contributed by atoms with E-state index in [1.54, 1.807) is 32.7 Å². The fourth-order valence-corrected chi connectivity index (χ4v) is 2.01. The van der Waals surface area contributed by atoms with Crippen molar-refractivity contribution in [3.63, 3.8) is 0 Å². The van der Waals surface area contributed by atoms with E-state index in [9.17, 15) is 9.59 Å². The molecule has 1 aliphatic heterocycles. The number of carbonyl (C=O) groups is 2. The van der Waals surface area contributed by atoms with E-state index in [4.69, 9.17) is 4.74 Å². The zero-order valence-electron chi connectivity index (χ0n) is 13.5. The topological polar surface area (TPSA) is 131 Å². The molecule has 0 radical (unpaired) electrons. The molecule has 0 aromatic rings. The molecule has 1 unspecified atom stereocenters. The van der Waals surface area contributed by atoms with Crippen molar-refractivity contribution in [3.05, 3.63) is 0 Å². The van der Waals surface area contributed by atoms with Gasteiger partial charge in [-0.2, -0.15) is 0 Å². The molecule has 1 heterocycles. The van der Waals surface area contributed by atoms with Crippen LogP contribution < -0.4 is 10.6 Å². The summed E-state index contributed by atoms with van der Waals surface area (Å²) in [5, 5.41) is 5.56. The zero-order valence-corrected chi connectivity index (χ0v) is 15.1. The Morgan fingerprint density at radius 3 is 2.09 bits per heavy atom.